The molecule has 88 valence electrons. The number of rotatable bonds is 5. The van der Waals surface area contributed by atoms with Crippen molar-refractivity contribution in [2.24, 2.45) is 0 Å². The molecule has 16 heavy (non-hydrogen) atoms. The van der Waals surface area contributed by atoms with E-state index in [0.717, 1.165) is 0 Å². The smallest absolute Gasteiger partial charge is 0.252 e. The van der Waals surface area contributed by atoms with Crippen LogP contribution in [-0.4, -0.2) is 29.5 Å². The molecule has 0 aromatic heterocycles. The Labute approximate surface area is 109 Å². The van der Waals surface area contributed by atoms with Crippen molar-refractivity contribution in [3.63, 3.8) is 0 Å². The molecule has 0 aliphatic heterocycles. The normalized spacial score (nSPS) is 10.5. The Morgan fingerprint density at radius 3 is 2.25 bits per heavy atom. The number of halogens is 3. The number of nitrogens with zero attached hydrogens (tertiary/aromatic N) is 1. The minimum absolute atomic E-state index is 0.183. The van der Waals surface area contributed by atoms with Gasteiger partial charge in [0.2, 0.25) is 0 Å². The summed E-state index contributed by atoms with van der Waals surface area (Å²) in [6, 6.07) is 7.18. The van der Waals surface area contributed by atoms with Crippen LogP contribution in [-0.2, 0) is 0 Å². The summed E-state index contributed by atoms with van der Waals surface area (Å²) in [5.41, 5.74) is 0.550. The van der Waals surface area contributed by atoms with Crippen LogP contribution in [0.4, 0.5) is 0 Å². The van der Waals surface area contributed by atoms with Gasteiger partial charge in [0, 0.05) is 10.6 Å². The standard InChI is InChI=1S/C10H11Cl3N2O/c11-5-15(6-12)7-14-10(16)8-1-3-9(13)4-2-8/h1-4H,5-7H2,(H,14,16). The van der Waals surface area contributed by atoms with E-state index in [2.05, 4.69) is 5.32 Å². The number of benzene rings is 1. The molecule has 1 aromatic carbocycles. The first-order valence-electron chi connectivity index (χ1n) is 4.55. The average molecular weight is 282 g/mol. The Kier molecular flexibility index (Phi) is 5.91. The van der Waals surface area contributed by atoms with Crippen LogP contribution in [0.15, 0.2) is 24.3 Å². The van der Waals surface area contributed by atoms with E-state index in [1.54, 1.807) is 29.2 Å². The Hall–Kier alpha value is -0.480. The molecule has 0 saturated heterocycles. The third-order valence-corrected chi connectivity index (χ3v) is 2.84. The molecule has 6 heteroatoms. The Bertz CT molecular complexity index is 338. The zero-order valence-electron chi connectivity index (χ0n) is 8.42. The number of hydrogen-bond acceptors (Lipinski definition) is 2. The molecular formula is C10H11Cl3N2O. The van der Waals surface area contributed by atoms with Gasteiger partial charge in [0.1, 0.15) is 0 Å². The molecule has 0 spiro atoms. The summed E-state index contributed by atoms with van der Waals surface area (Å²) >= 11 is 16.9. The highest BCUT2D eigenvalue weighted by Gasteiger charge is 2.06. The van der Waals surface area contributed by atoms with Gasteiger partial charge < -0.3 is 5.32 Å². The molecule has 1 rings (SSSR count). The summed E-state index contributed by atoms with van der Waals surface area (Å²) in [7, 11) is 0. The highest BCUT2D eigenvalue weighted by Crippen LogP contribution is 2.09. The van der Waals surface area contributed by atoms with Gasteiger partial charge in [-0.25, -0.2) is 0 Å². The molecule has 1 aromatic rings. The highest BCUT2D eigenvalue weighted by atomic mass is 35.5. The fourth-order valence-electron chi connectivity index (χ4n) is 1.00. The number of carbonyl (C=O) groups excluding carboxylic acids is 1. The lowest BCUT2D eigenvalue weighted by Crippen LogP contribution is -2.36. The van der Waals surface area contributed by atoms with Gasteiger partial charge in [-0.2, -0.15) is 0 Å². The number of amides is 1. The van der Waals surface area contributed by atoms with E-state index in [1.165, 1.54) is 0 Å². The van der Waals surface area contributed by atoms with Gasteiger partial charge in [-0.05, 0) is 24.3 Å². The first-order chi connectivity index (χ1) is 7.67. The van der Waals surface area contributed by atoms with Gasteiger partial charge in [0.15, 0.2) is 0 Å². The van der Waals surface area contributed by atoms with E-state index in [-0.39, 0.29) is 17.9 Å². The summed E-state index contributed by atoms with van der Waals surface area (Å²) in [4.78, 5) is 13.3. The molecule has 0 heterocycles. The van der Waals surface area contributed by atoms with Gasteiger partial charge in [-0.15, -0.1) is 23.2 Å². The maximum atomic E-state index is 11.6. The van der Waals surface area contributed by atoms with Crippen molar-refractivity contribution < 1.29 is 4.79 Å². The zero-order chi connectivity index (χ0) is 12.0. The Morgan fingerprint density at radius 1 is 1.19 bits per heavy atom. The van der Waals surface area contributed by atoms with Crippen molar-refractivity contribution in [2.75, 3.05) is 18.7 Å². The molecule has 0 radical (unpaired) electrons. The monoisotopic (exact) mass is 280 g/mol. The van der Waals surface area contributed by atoms with Crippen LogP contribution in [0.1, 0.15) is 10.4 Å². The molecule has 0 aliphatic rings. The van der Waals surface area contributed by atoms with E-state index in [0.29, 0.717) is 17.3 Å². The largest absolute Gasteiger partial charge is 0.339 e. The summed E-state index contributed by atoms with van der Waals surface area (Å²) < 4.78 is 0. The molecule has 1 amide bonds. The van der Waals surface area contributed by atoms with Crippen molar-refractivity contribution in [1.82, 2.24) is 10.2 Å². The summed E-state index contributed by atoms with van der Waals surface area (Å²) in [5, 5.41) is 3.29. The zero-order valence-corrected chi connectivity index (χ0v) is 10.7. The van der Waals surface area contributed by atoms with E-state index in [9.17, 15) is 4.79 Å². The fraction of sp³-hybridized carbons (Fsp3) is 0.300. The van der Waals surface area contributed by atoms with Crippen LogP contribution >= 0.6 is 34.8 Å². The minimum Gasteiger partial charge on any atom is -0.339 e. The first-order valence-corrected chi connectivity index (χ1v) is 6.00. The number of hydrogen-bond donors (Lipinski definition) is 1. The van der Waals surface area contributed by atoms with Gasteiger partial charge >= 0.3 is 0 Å². The van der Waals surface area contributed by atoms with Crippen LogP contribution in [0.3, 0.4) is 0 Å². The first kappa shape index (κ1) is 13.6. The third-order valence-electron chi connectivity index (χ3n) is 1.91. The molecule has 0 aliphatic carbocycles. The Balaban J connectivity index is 2.49. The fourth-order valence-corrected chi connectivity index (χ4v) is 1.55. The second-order valence-electron chi connectivity index (χ2n) is 3.08. The van der Waals surface area contributed by atoms with Crippen molar-refractivity contribution in [2.45, 2.75) is 0 Å². The van der Waals surface area contributed by atoms with Gasteiger partial charge in [0.25, 0.3) is 5.91 Å². The quantitative estimate of drug-likeness (QED) is 0.511. The topological polar surface area (TPSA) is 32.3 Å². The summed E-state index contributed by atoms with van der Waals surface area (Å²) in [6.07, 6.45) is 0. The van der Waals surface area contributed by atoms with Crippen LogP contribution in [0.25, 0.3) is 0 Å². The molecule has 1 N–H and O–H groups in total. The van der Waals surface area contributed by atoms with Gasteiger partial charge in [-0.3, -0.25) is 9.69 Å². The second kappa shape index (κ2) is 6.97. The van der Waals surface area contributed by atoms with E-state index in [1.807, 2.05) is 0 Å². The van der Waals surface area contributed by atoms with Crippen molar-refractivity contribution in [3.05, 3.63) is 34.9 Å². The van der Waals surface area contributed by atoms with Crippen LogP contribution in [0, 0.1) is 0 Å². The highest BCUT2D eigenvalue weighted by molar-refractivity contribution is 6.30. The van der Waals surface area contributed by atoms with Crippen LogP contribution < -0.4 is 5.32 Å². The Morgan fingerprint density at radius 2 is 1.75 bits per heavy atom. The maximum absolute atomic E-state index is 11.6. The number of carbonyl (C=O) groups is 1. The third kappa shape index (κ3) is 4.18. The van der Waals surface area contributed by atoms with Crippen molar-refractivity contribution >= 4 is 40.7 Å². The SMILES string of the molecule is O=C(NCN(CCl)CCl)c1ccc(Cl)cc1. The number of alkyl halides is 2. The second-order valence-corrected chi connectivity index (χ2v) is 4.00. The summed E-state index contributed by atoms with van der Waals surface area (Å²) in [5.74, 6) is -0.183. The van der Waals surface area contributed by atoms with Gasteiger partial charge in [0.05, 0.1) is 18.7 Å². The minimum atomic E-state index is -0.183. The van der Waals surface area contributed by atoms with E-state index >= 15 is 0 Å². The summed E-state index contributed by atoms with van der Waals surface area (Å²) in [6.45, 7) is 0.314. The van der Waals surface area contributed by atoms with Crippen molar-refractivity contribution in [1.29, 1.82) is 0 Å². The molecular weight excluding hydrogens is 270 g/mol. The predicted molar refractivity (Wildman–Crippen MR) is 67.1 cm³/mol. The lowest BCUT2D eigenvalue weighted by atomic mass is 10.2. The lowest BCUT2D eigenvalue weighted by Gasteiger charge is -2.16. The average Bonchev–Trinajstić information content (AvgIpc) is 2.31. The molecule has 0 atom stereocenters. The number of nitrogens with one attached hydrogen (secondary N) is 1. The lowest BCUT2D eigenvalue weighted by molar-refractivity contribution is 0.0932. The molecule has 0 saturated carbocycles. The van der Waals surface area contributed by atoms with Crippen molar-refractivity contribution in [3.8, 4) is 0 Å². The van der Waals surface area contributed by atoms with Crippen LogP contribution in [0.5, 0.6) is 0 Å². The molecule has 0 bridgehead atoms. The molecule has 0 unspecified atom stereocenters. The molecule has 3 nitrogen and oxygen atoms in total. The van der Waals surface area contributed by atoms with E-state index in [4.69, 9.17) is 34.8 Å². The van der Waals surface area contributed by atoms with E-state index < -0.39 is 0 Å². The molecule has 0 fully saturated rings. The maximum Gasteiger partial charge on any atom is 0.252 e. The predicted octanol–water partition coefficient (Wildman–Crippen LogP) is 2.72. The van der Waals surface area contributed by atoms with Gasteiger partial charge in [-0.1, -0.05) is 11.6 Å². The van der Waals surface area contributed by atoms with Crippen LogP contribution in [0.2, 0.25) is 5.02 Å².